The molecule has 1 N–H and O–H groups in total. The Balaban J connectivity index is 1.41. The molecule has 6 nitrogen and oxygen atoms in total. The standard InChI is InChI=1S/C19H29N3O3/c1-23-17-8-16(9-18(10-17)24-2)22-5-3-4-21(6-7-22)14-19-11-15(12-25-19)20-13-19/h8-10,15,20H,3-7,11-14H2,1-2H3. The number of rotatable bonds is 5. The molecular formula is C19H29N3O3. The molecule has 4 rings (SSSR count). The van der Waals surface area contributed by atoms with Crippen molar-refractivity contribution in [3.8, 4) is 11.5 Å². The van der Waals surface area contributed by atoms with Crippen LogP contribution in [0.5, 0.6) is 11.5 Å². The van der Waals surface area contributed by atoms with Crippen LogP contribution < -0.4 is 19.7 Å². The van der Waals surface area contributed by atoms with Crippen LogP contribution in [0.25, 0.3) is 0 Å². The predicted octanol–water partition coefficient (Wildman–Crippen LogP) is 1.35. The van der Waals surface area contributed by atoms with Gasteiger partial charge < -0.3 is 24.4 Å². The maximum atomic E-state index is 6.10. The van der Waals surface area contributed by atoms with Gasteiger partial charge in [0.15, 0.2) is 0 Å². The third-order valence-electron chi connectivity index (χ3n) is 5.72. The Kier molecular flexibility index (Phi) is 4.75. The van der Waals surface area contributed by atoms with Crippen molar-refractivity contribution in [2.75, 3.05) is 65.0 Å². The van der Waals surface area contributed by atoms with Crippen LogP contribution in [0, 0.1) is 0 Å². The number of nitrogens with zero attached hydrogens (tertiary/aromatic N) is 2. The molecule has 0 aliphatic carbocycles. The number of nitrogens with one attached hydrogen (secondary N) is 1. The zero-order chi connectivity index (χ0) is 17.3. The second-order valence-corrected chi connectivity index (χ2v) is 7.46. The Bertz CT molecular complexity index is 579. The Morgan fingerprint density at radius 2 is 1.92 bits per heavy atom. The molecule has 0 aromatic heterocycles. The van der Waals surface area contributed by atoms with Gasteiger partial charge in [-0.2, -0.15) is 0 Å². The summed E-state index contributed by atoms with van der Waals surface area (Å²) in [7, 11) is 3.40. The molecule has 3 heterocycles. The van der Waals surface area contributed by atoms with Crippen molar-refractivity contribution in [1.82, 2.24) is 10.2 Å². The molecule has 0 saturated carbocycles. The third-order valence-corrected chi connectivity index (χ3v) is 5.72. The van der Waals surface area contributed by atoms with E-state index in [1.165, 1.54) is 12.1 Å². The highest BCUT2D eigenvalue weighted by Crippen LogP contribution is 2.33. The molecule has 6 heteroatoms. The van der Waals surface area contributed by atoms with Crippen molar-refractivity contribution in [1.29, 1.82) is 0 Å². The number of morpholine rings is 1. The van der Waals surface area contributed by atoms with Crippen molar-refractivity contribution in [3.63, 3.8) is 0 Å². The molecule has 2 bridgehead atoms. The Labute approximate surface area is 150 Å². The Morgan fingerprint density at radius 3 is 2.52 bits per heavy atom. The second-order valence-electron chi connectivity index (χ2n) is 7.46. The fourth-order valence-corrected chi connectivity index (χ4v) is 4.36. The fraction of sp³-hybridized carbons (Fsp3) is 0.684. The van der Waals surface area contributed by atoms with Gasteiger partial charge in [0.05, 0.1) is 26.4 Å². The van der Waals surface area contributed by atoms with Crippen molar-refractivity contribution >= 4 is 5.69 Å². The van der Waals surface area contributed by atoms with Crippen LogP contribution in [0.2, 0.25) is 0 Å². The first-order valence-electron chi connectivity index (χ1n) is 9.27. The topological polar surface area (TPSA) is 46.2 Å². The van der Waals surface area contributed by atoms with E-state index in [9.17, 15) is 0 Å². The Hall–Kier alpha value is -1.50. The molecule has 2 atom stereocenters. The predicted molar refractivity (Wildman–Crippen MR) is 97.9 cm³/mol. The molecule has 25 heavy (non-hydrogen) atoms. The second kappa shape index (κ2) is 7.02. The average molecular weight is 347 g/mol. The summed E-state index contributed by atoms with van der Waals surface area (Å²) in [6.45, 7) is 7.20. The van der Waals surface area contributed by atoms with Gasteiger partial charge >= 0.3 is 0 Å². The number of benzene rings is 1. The van der Waals surface area contributed by atoms with E-state index in [0.29, 0.717) is 6.04 Å². The lowest BCUT2D eigenvalue weighted by Crippen LogP contribution is -2.48. The van der Waals surface area contributed by atoms with E-state index in [1.807, 2.05) is 6.07 Å². The summed E-state index contributed by atoms with van der Waals surface area (Å²) >= 11 is 0. The molecule has 2 unspecified atom stereocenters. The number of hydrogen-bond acceptors (Lipinski definition) is 6. The summed E-state index contributed by atoms with van der Waals surface area (Å²) < 4.78 is 16.9. The van der Waals surface area contributed by atoms with E-state index in [4.69, 9.17) is 14.2 Å². The van der Waals surface area contributed by atoms with E-state index < -0.39 is 0 Å². The van der Waals surface area contributed by atoms with Gasteiger partial charge in [-0.05, 0) is 12.8 Å². The van der Waals surface area contributed by atoms with Crippen molar-refractivity contribution < 1.29 is 14.2 Å². The number of ether oxygens (including phenoxy) is 3. The molecule has 0 spiro atoms. The molecule has 3 aliphatic rings. The lowest BCUT2D eigenvalue weighted by Gasteiger charge is -2.33. The smallest absolute Gasteiger partial charge is 0.124 e. The minimum absolute atomic E-state index is 0.0546. The van der Waals surface area contributed by atoms with Gasteiger partial charge in [-0.25, -0.2) is 0 Å². The van der Waals surface area contributed by atoms with Crippen LogP contribution in [0.15, 0.2) is 18.2 Å². The van der Waals surface area contributed by atoms with Crippen molar-refractivity contribution in [2.45, 2.75) is 24.5 Å². The summed E-state index contributed by atoms with van der Waals surface area (Å²) in [4.78, 5) is 5.01. The lowest BCUT2D eigenvalue weighted by atomic mass is 10.0. The first kappa shape index (κ1) is 16.9. The van der Waals surface area contributed by atoms with E-state index in [1.54, 1.807) is 14.2 Å². The zero-order valence-electron chi connectivity index (χ0n) is 15.3. The van der Waals surface area contributed by atoms with Crippen LogP contribution >= 0.6 is 0 Å². The van der Waals surface area contributed by atoms with E-state index in [2.05, 4.69) is 27.2 Å². The van der Waals surface area contributed by atoms with Crippen molar-refractivity contribution in [2.24, 2.45) is 0 Å². The maximum Gasteiger partial charge on any atom is 0.124 e. The summed E-state index contributed by atoms with van der Waals surface area (Å²) in [5.74, 6) is 1.69. The fourth-order valence-electron chi connectivity index (χ4n) is 4.36. The largest absolute Gasteiger partial charge is 0.497 e. The maximum absolute atomic E-state index is 6.10. The molecule has 1 aromatic carbocycles. The van der Waals surface area contributed by atoms with Gasteiger partial charge in [-0.15, -0.1) is 0 Å². The van der Waals surface area contributed by atoms with Gasteiger partial charge in [0.2, 0.25) is 0 Å². The van der Waals surface area contributed by atoms with Gasteiger partial charge in [0.1, 0.15) is 11.5 Å². The highest BCUT2D eigenvalue weighted by molar-refractivity contribution is 5.55. The zero-order valence-corrected chi connectivity index (χ0v) is 15.3. The van der Waals surface area contributed by atoms with Crippen LogP contribution in [0.3, 0.4) is 0 Å². The van der Waals surface area contributed by atoms with Crippen LogP contribution in [-0.4, -0.2) is 76.6 Å². The van der Waals surface area contributed by atoms with Crippen molar-refractivity contribution in [3.05, 3.63) is 18.2 Å². The third kappa shape index (κ3) is 3.57. The molecule has 3 fully saturated rings. The quantitative estimate of drug-likeness (QED) is 0.868. The molecular weight excluding hydrogens is 318 g/mol. The SMILES string of the molecule is COc1cc(OC)cc(N2CCCN(CC34CNC(CO3)C4)CC2)c1. The number of anilines is 1. The minimum atomic E-state index is 0.0546. The molecule has 0 amide bonds. The number of methoxy groups -OCH3 is 2. The first-order chi connectivity index (χ1) is 12.2. The number of hydrogen-bond donors (Lipinski definition) is 1. The first-order valence-corrected chi connectivity index (χ1v) is 9.27. The summed E-state index contributed by atoms with van der Waals surface area (Å²) in [6, 6.07) is 6.70. The van der Waals surface area contributed by atoms with Crippen LogP contribution in [0.4, 0.5) is 5.69 Å². The molecule has 138 valence electrons. The summed E-state index contributed by atoms with van der Waals surface area (Å²) in [5, 5.41) is 3.57. The monoisotopic (exact) mass is 347 g/mol. The molecule has 1 aromatic rings. The van der Waals surface area contributed by atoms with Gasteiger partial charge in [-0.3, -0.25) is 4.90 Å². The minimum Gasteiger partial charge on any atom is -0.497 e. The highest BCUT2D eigenvalue weighted by Gasteiger charge is 2.47. The Morgan fingerprint density at radius 1 is 1.12 bits per heavy atom. The molecule has 3 aliphatic heterocycles. The van der Waals surface area contributed by atoms with Gasteiger partial charge in [0.25, 0.3) is 0 Å². The van der Waals surface area contributed by atoms with E-state index in [-0.39, 0.29) is 5.60 Å². The summed E-state index contributed by atoms with van der Waals surface area (Å²) in [5.41, 5.74) is 1.23. The van der Waals surface area contributed by atoms with Gasteiger partial charge in [0, 0.05) is 69.2 Å². The van der Waals surface area contributed by atoms with E-state index in [0.717, 1.165) is 63.8 Å². The van der Waals surface area contributed by atoms with Crippen LogP contribution in [0.1, 0.15) is 12.8 Å². The highest BCUT2D eigenvalue weighted by atomic mass is 16.5. The summed E-state index contributed by atoms with van der Waals surface area (Å²) in [6.07, 6.45) is 2.33. The average Bonchev–Trinajstić information content (AvgIpc) is 3.15. The molecule has 3 saturated heterocycles. The lowest BCUT2D eigenvalue weighted by molar-refractivity contribution is -0.0287. The number of fused-ring (bicyclic) bond motifs is 2. The van der Waals surface area contributed by atoms with Gasteiger partial charge in [-0.1, -0.05) is 0 Å². The van der Waals surface area contributed by atoms with E-state index >= 15 is 0 Å². The normalized spacial score (nSPS) is 29.7. The molecule has 0 radical (unpaired) electrons. The van der Waals surface area contributed by atoms with Crippen LogP contribution in [-0.2, 0) is 4.74 Å².